The Balaban J connectivity index is 0.00000261. The Hall–Kier alpha value is -1.49. The van der Waals surface area contributed by atoms with Gasteiger partial charge < -0.3 is 15.1 Å². The van der Waals surface area contributed by atoms with Gasteiger partial charge in [-0.3, -0.25) is 4.99 Å². The molecule has 0 saturated carbocycles. The van der Waals surface area contributed by atoms with Crippen LogP contribution in [0.2, 0.25) is 0 Å². The third kappa shape index (κ3) is 5.50. The second-order valence-electron chi connectivity index (χ2n) is 6.31. The minimum Gasteiger partial charge on any atom is -0.352 e. The van der Waals surface area contributed by atoms with Gasteiger partial charge in [-0.2, -0.15) is 4.37 Å². The van der Waals surface area contributed by atoms with E-state index >= 15 is 0 Å². The number of hydrogen-bond donors (Lipinski definition) is 1. The lowest BCUT2D eigenvalue weighted by molar-refractivity contribution is 0.372. The Bertz CT molecular complexity index is 773. The van der Waals surface area contributed by atoms with Crippen LogP contribution in [0.3, 0.4) is 0 Å². The number of rotatable bonds is 4. The minimum atomic E-state index is -0.170. The van der Waals surface area contributed by atoms with Crippen LogP contribution < -0.4 is 10.2 Å². The molecule has 1 N–H and O–H groups in total. The second-order valence-corrected chi connectivity index (χ2v) is 7.04. The van der Waals surface area contributed by atoms with Gasteiger partial charge in [-0.25, -0.2) is 9.37 Å². The number of aromatic nitrogens is 2. The Morgan fingerprint density at radius 3 is 2.63 bits per heavy atom. The molecule has 0 amide bonds. The molecule has 148 valence electrons. The van der Waals surface area contributed by atoms with Crippen LogP contribution in [-0.4, -0.2) is 53.4 Å². The topological polar surface area (TPSA) is 56.7 Å². The molecule has 3 rings (SSSR count). The molecular formula is C18H26FIN6S. The van der Waals surface area contributed by atoms with E-state index in [9.17, 15) is 4.39 Å². The third-order valence-electron chi connectivity index (χ3n) is 4.52. The highest BCUT2D eigenvalue weighted by molar-refractivity contribution is 14.0. The molecule has 1 aliphatic rings. The fourth-order valence-corrected chi connectivity index (χ4v) is 3.69. The first-order chi connectivity index (χ1) is 12.6. The highest BCUT2D eigenvalue weighted by Gasteiger charge is 2.22. The number of anilines is 1. The van der Waals surface area contributed by atoms with E-state index in [-0.39, 0.29) is 29.8 Å². The third-order valence-corrected chi connectivity index (χ3v) is 5.34. The quantitative estimate of drug-likeness (QED) is 0.394. The summed E-state index contributed by atoms with van der Waals surface area (Å²) in [6.45, 7) is 7.90. The Labute approximate surface area is 181 Å². The molecule has 1 aliphatic heterocycles. The summed E-state index contributed by atoms with van der Waals surface area (Å²) in [6.07, 6.45) is 0.868. The molecule has 0 unspecified atom stereocenters. The zero-order valence-electron chi connectivity index (χ0n) is 15.9. The van der Waals surface area contributed by atoms with Crippen LogP contribution in [0, 0.1) is 12.7 Å². The lowest BCUT2D eigenvalue weighted by atomic mass is 10.1. The van der Waals surface area contributed by atoms with Crippen LogP contribution in [0.1, 0.15) is 23.9 Å². The predicted octanol–water partition coefficient (Wildman–Crippen LogP) is 3.06. The molecular weight excluding hydrogens is 478 g/mol. The van der Waals surface area contributed by atoms with Crippen LogP contribution in [-0.2, 0) is 13.0 Å². The van der Waals surface area contributed by atoms with Crippen molar-refractivity contribution in [3.63, 3.8) is 0 Å². The number of guanidine groups is 1. The van der Waals surface area contributed by atoms with Gasteiger partial charge >= 0.3 is 0 Å². The van der Waals surface area contributed by atoms with Crippen LogP contribution in [0.5, 0.6) is 0 Å². The molecule has 0 atom stereocenters. The summed E-state index contributed by atoms with van der Waals surface area (Å²) in [6, 6.07) is 5.33. The van der Waals surface area contributed by atoms with Gasteiger partial charge in [0.05, 0.1) is 0 Å². The van der Waals surface area contributed by atoms with Crippen LogP contribution in [0.15, 0.2) is 23.2 Å². The van der Waals surface area contributed by atoms with E-state index in [1.807, 2.05) is 6.07 Å². The molecule has 1 saturated heterocycles. The van der Waals surface area contributed by atoms with Crippen molar-refractivity contribution < 1.29 is 4.39 Å². The first-order valence-corrected chi connectivity index (χ1v) is 9.66. The first kappa shape index (κ1) is 21.8. The van der Waals surface area contributed by atoms with Crippen molar-refractivity contribution in [1.82, 2.24) is 19.6 Å². The van der Waals surface area contributed by atoms with Crippen molar-refractivity contribution >= 4 is 46.6 Å². The van der Waals surface area contributed by atoms with E-state index in [1.165, 1.54) is 11.5 Å². The number of aliphatic imine (C=N–C) groups is 1. The number of hydrogen-bond acceptors (Lipinski definition) is 5. The first-order valence-electron chi connectivity index (χ1n) is 8.89. The molecule has 0 spiro atoms. The van der Waals surface area contributed by atoms with Crippen molar-refractivity contribution in [2.24, 2.45) is 4.99 Å². The van der Waals surface area contributed by atoms with Gasteiger partial charge in [0, 0.05) is 57.7 Å². The second kappa shape index (κ2) is 10.2. The monoisotopic (exact) mass is 504 g/mol. The van der Waals surface area contributed by atoms with E-state index in [0.717, 1.165) is 55.1 Å². The van der Waals surface area contributed by atoms with Gasteiger partial charge in [-0.15, -0.1) is 24.0 Å². The summed E-state index contributed by atoms with van der Waals surface area (Å²) in [4.78, 5) is 13.4. The van der Waals surface area contributed by atoms with Crippen LogP contribution >= 0.6 is 35.5 Å². The van der Waals surface area contributed by atoms with E-state index in [1.54, 1.807) is 26.1 Å². The lowest BCUT2D eigenvalue weighted by Crippen LogP contribution is -2.52. The molecule has 2 heterocycles. The molecule has 9 heteroatoms. The average Bonchev–Trinajstić information content (AvgIpc) is 3.15. The largest absolute Gasteiger partial charge is 0.352 e. The molecule has 0 aliphatic carbocycles. The van der Waals surface area contributed by atoms with Crippen molar-refractivity contribution in [2.45, 2.75) is 26.8 Å². The number of nitrogens with one attached hydrogen (secondary N) is 1. The highest BCUT2D eigenvalue weighted by atomic mass is 127. The molecule has 27 heavy (non-hydrogen) atoms. The smallest absolute Gasteiger partial charge is 0.205 e. The maximum Gasteiger partial charge on any atom is 0.205 e. The van der Waals surface area contributed by atoms with Crippen LogP contribution in [0.4, 0.5) is 9.52 Å². The fourth-order valence-electron chi connectivity index (χ4n) is 2.89. The lowest BCUT2D eigenvalue weighted by Gasteiger charge is -2.36. The van der Waals surface area contributed by atoms with Gasteiger partial charge in [-0.05, 0) is 24.1 Å². The summed E-state index contributed by atoms with van der Waals surface area (Å²) >= 11 is 1.47. The molecule has 1 aromatic carbocycles. The summed E-state index contributed by atoms with van der Waals surface area (Å²) in [7, 11) is 1.78. The van der Waals surface area contributed by atoms with E-state index < -0.39 is 0 Å². The highest BCUT2D eigenvalue weighted by Crippen LogP contribution is 2.19. The van der Waals surface area contributed by atoms with Gasteiger partial charge in [0.1, 0.15) is 11.6 Å². The van der Waals surface area contributed by atoms with Gasteiger partial charge in [-0.1, -0.05) is 19.1 Å². The fraction of sp³-hybridized carbons (Fsp3) is 0.500. The van der Waals surface area contributed by atoms with Gasteiger partial charge in [0.2, 0.25) is 5.13 Å². The molecule has 1 fully saturated rings. The van der Waals surface area contributed by atoms with Crippen molar-refractivity contribution in [3.8, 4) is 0 Å². The maximum atomic E-state index is 13.7. The van der Waals surface area contributed by atoms with E-state index in [2.05, 4.69) is 36.4 Å². The van der Waals surface area contributed by atoms with Crippen molar-refractivity contribution in [1.29, 1.82) is 0 Å². The van der Waals surface area contributed by atoms with Crippen molar-refractivity contribution in [3.05, 3.63) is 41.0 Å². The molecule has 0 radical (unpaired) electrons. The summed E-state index contributed by atoms with van der Waals surface area (Å²) in [5, 5.41) is 4.33. The van der Waals surface area contributed by atoms with Gasteiger partial charge in [0.25, 0.3) is 0 Å². The Kier molecular flexibility index (Phi) is 8.21. The number of halogens is 2. The van der Waals surface area contributed by atoms with Gasteiger partial charge in [0.15, 0.2) is 5.96 Å². The SMILES string of the molecule is CCc1nsc(N2CCN(C(=NC)NCc3ccc(C)c(F)c3)CC2)n1.I. The average molecular weight is 504 g/mol. The molecule has 2 aromatic rings. The zero-order chi connectivity index (χ0) is 18.5. The summed E-state index contributed by atoms with van der Waals surface area (Å²) in [5.74, 6) is 1.59. The normalized spacial score (nSPS) is 14.9. The Morgan fingerprint density at radius 2 is 2.04 bits per heavy atom. The predicted molar refractivity (Wildman–Crippen MR) is 120 cm³/mol. The number of piperazine rings is 1. The maximum absolute atomic E-state index is 13.7. The molecule has 6 nitrogen and oxygen atoms in total. The summed E-state index contributed by atoms with van der Waals surface area (Å²) in [5.41, 5.74) is 1.58. The number of benzene rings is 1. The minimum absolute atomic E-state index is 0. The zero-order valence-corrected chi connectivity index (χ0v) is 19.1. The van der Waals surface area contributed by atoms with Crippen LogP contribution in [0.25, 0.3) is 0 Å². The van der Waals surface area contributed by atoms with E-state index in [0.29, 0.717) is 12.1 Å². The number of aryl methyl sites for hydroxylation is 2. The molecule has 1 aromatic heterocycles. The van der Waals surface area contributed by atoms with Crippen molar-refractivity contribution in [2.75, 3.05) is 38.1 Å². The number of nitrogens with zero attached hydrogens (tertiary/aromatic N) is 5. The summed E-state index contributed by atoms with van der Waals surface area (Å²) < 4.78 is 18.1. The van der Waals surface area contributed by atoms with E-state index in [4.69, 9.17) is 0 Å². The Morgan fingerprint density at radius 1 is 1.30 bits per heavy atom. The standard InChI is InChI=1S/C18H25FN6S.HI/c1-4-16-22-18(26-23-16)25-9-7-24(8-10-25)17(20-3)21-12-14-6-5-13(2)15(19)11-14;/h5-6,11H,4,7-10,12H2,1-3H3,(H,20,21);1H. The molecule has 0 bridgehead atoms.